The fourth-order valence-electron chi connectivity index (χ4n) is 3.78. The minimum atomic E-state index is -0.944. The van der Waals surface area contributed by atoms with Gasteiger partial charge in [-0.1, -0.05) is 66.2 Å². The molecule has 0 aliphatic heterocycles. The molecule has 0 saturated heterocycles. The van der Waals surface area contributed by atoms with Crippen molar-refractivity contribution in [2.24, 2.45) is 0 Å². The third-order valence-electron chi connectivity index (χ3n) is 5.55. The Kier molecular flexibility index (Phi) is 6.32. The highest BCUT2D eigenvalue weighted by atomic mass is 35.5. The molecule has 35 heavy (non-hydrogen) atoms. The summed E-state index contributed by atoms with van der Waals surface area (Å²) in [5.41, 5.74) is 4.51. The van der Waals surface area contributed by atoms with Crippen molar-refractivity contribution in [2.45, 2.75) is 13.0 Å². The summed E-state index contributed by atoms with van der Waals surface area (Å²) in [6.45, 7) is 0.425. The van der Waals surface area contributed by atoms with Crippen LogP contribution in [0.1, 0.15) is 27.2 Å². The fraction of sp³-hybridized carbons (Fsp3) is 0.0741. The van der Waals surface area contributed by atoms with Gasteiger partial charge in [-0.3, -0.25) is 0 Å². The zero-order valence-corrected chi connectivity index (χ0v) is 19.3. The molecule has 0 amide bonds. The van der Waals surface area contributed by atoms with Gasteiger partial charge in [0.15, 0.2) is 0 Å². The van der Waals surface area contributed by atoms with E-state index in [9.17, 15) is 9.90 Å². The average Bonchev–Trinajstić information content (AvgIpc) is 3.35. The van der Waals surface area contributed by atoms with Crippen molar-refractivity contribution in [3.05, 3.63) is 106 Å². The summed E-state index contributed by atoms with van der Waals surface area (Å²) in [5.74, 6) is -0.439. The van der Waals surface area contributed by atoms with Crippen molar-refractivity contribution in [1.82, 2.24) is 25.2 Å². The quantitative estimate of drug-likeness (QED) is 0.322. The van der Waals surface area contributed by atoms with Gasteiger partial charge >= 0.3 is 5.97 Å². The third-order valence-corrected chi connectivity index (χ3v) is 5.78. The van der Waals surface area contributed by atoms with Crippen LogP contribution in [0.2, 0.25) is 5.02 Å². The zero-order valence-electron chi connectivity index (χ0n) is 18.5. The molecule has 2 heterocycles. The number of pyridine rings is 1. The van der Waals surface area contributed by atoms with Gasteiger partial charge in [-0.2, -0.15) is 4.80 Å². The number of benzene rings is 3. The van der Waals surface area contributed by atoms with Gasteiger partial charge in [-0.25, -0.2) is 9.78 Å². The lowest BCUT2D eigenvalue weighted by molar-refractivity contribution is 0.0695. The van der Waals surface area contributed by atoms with Crippen LogP contribution in [-0.4, -0.2) is 36.3 Å². The lowest BCUT2D eigenvalue weighted by atomic mass is 10.1. The van der Waals surface area contributed by atoms with Gasteiger partial charge in [0.1, 0.15) is 0 Å². The van der Waals surface area contributed by atoms with Gasteiger partial charge in [-0.15, -0.1) is 10.2 Å². The number of fused-ring (bicyclic) bond motifs is 1. The molecule has 0 saturated carbocycles. The van der Waals surface area contributed by atoms with Crippen LogP contribution in [0.5, 0.6) is 0 Å². The second-order valence-corrected chi connectivity index (χ2v) is 8.39. The van der Waals surface area contributed by atoms with E-state index in [1.165, 1.54) is 4.80 Å². The molecule has 0 radical (unpaired) electrons. The van der Waals surface area contributed by atoms with Crippen molar-refractivity contribution in [3.8, 4) is 11.4 Å². The molecule has 0 aliphatic carbocycles. The van der Waals surface area contributed by atoms with Gasteiger partial charge < -0.3 is 5.11 Å². The van der Waals surface area contributed by atoms with Crippen LogP contribution in [0.4, 0.5) is 0 Å². The molecular weight excluding hydrogens is 462 g/mol. The van der Waals surface area contributed by atoms with Crippen LogP contribution in [0.3, 0.4) is 0 Å². The Morgan fingerprint density at radius 2 is 1.83 bits per heavy atom. The number of tetrazole rings is 1. The molecule has 0 atom stereocenters. The van der Waals surface area contributed by atoms with Gasteiger partial charge in [0, 0.05) is 16.0 Å². The molecule has 0 fully saturated rings. The van der Waals surface area contributed by atoms with Crippen molar-refractivity contribution in [1.29, 1.82) is 0 Å². The summed E-state index contributed by atoms with van der Waals surface area (Å²) in [6, 6.07) is 24.4. The van der Waals surface area contributed by atoms with Crippen LogP contribution in [0.25, 0.3) is 34.4 Å². The number of carboxylic acids is 1. The molecule has 2 aromatic heterocycles. The number of rotatable bonds is 7. The molecule has 5 aromatic rings. The first-order valence-corrected chi connectivity index (χ1v) is 11.4. The van der Waals surface area contributed by atoms with E-state index in [1.54, 1.807) is 18.2 Å². The van der Waals surface area contributed by atoms with E-state index in [0.717, 1.165) is 33.3 Å². The Bertz CT molecular complexity index is 1560. The van der Waals surface area contributed by atoms with Crippen molar-refractivity contribution in [2.75, 3.05) is 0 Å². The number of aryl methyl sites for hydroxylation is 2. The molecule has 0 bridgehead atoms. The minimum Gasteiger partial charge on any atom is -0.478 e. The molecule has 0 aliphatic rings. The number of carbonyl (C=O) groups is 1. The molecule has 0 unspecified atom stereocenters. The molecule has 1 N–H and O–H groups in total. The normalized spacial score (nSPS) is 11.3. The van der Waals surface area contributed by atoms with Crippen molar-refractivity contribution >= 4 is 40.6 Å². The van der Waals surface area contributed by atoms with Gasteiger partial charge in [0.2, 0.25) is 5.82 Å². The predicted molar refractivity (Wildman–Crippen MR) is 136 cm³/mol. The van der Waals surface area contributed by atoms with E-state index in [2.05, 4.69) is 20.4 Å². The van der Waals surface area contributed by atoms with Crippen LogP contribution >= 0.6 is 11.6 Å². The summed E-state index contributed by atoms with van der Waals surface area (Å²) in [7, 11) is 0. The topological polar surface area (TPSA) is 93.8 Å². The summed E-state index contributed by atoms with van der Waals surface area (Å²) in [4.78, 5) is 17.5. The lowest BCUT2D eigenvalue weighted by Crippen LogP contribution is -2.09. The van der Waals surface area contributed by atoms with Gasteiger partial charge in [0.05, 0.1) is 23.3 Å². The number of halogens is 1. The summed E-state index contributed by atoms with van der Waals surface area (Å²) in [6.07, 6.45) is 4.42. The summed E-state index contributed by atoms with van der Waals surface area (Å²) in [5, 5.41) is 23.8. The fourth-order valence-corrected chi connectivity index (χ4v) is 3.95. The second-order valence-electron chi connectivity index (χ2n) is 7.95. The van der Waals surface area contributed by atoms with Crippen LogP contribution in [0, 0.1) is 0 Å². The first kappa shape index (κ1) is 22.4. The Hall–Kier alpha value is -4.36. The summed E-state index contributed by atoms with van der Waals surface area (Å²) >= 11 is 6.09. The Morgan fingerprint density at radius 3 is 2.71 bits per heavy atom. The molecule has 3 aromatic carbocycles. The average molecular weight is 482 g/mol. The third kappa shape index (κ3) is 5.26. The maximum absolute atomic E-state index is 11.4. The van der Waals surface area contributed by atoms with E-state index < -0.39 is 5.97 Å². The highest BCUT2D eigenvalue weighted by Gasteiger charge is 2.11. The van der Waals surface area contributed by atoms with Crippen LogP contribution < -0.4 is 0 Å². The number of carboxylic acid groups (broad SMARTS) is 1. The number of hydrogen-bond donors (Lipinski definition) is 1. The molecule has 0 spiro atoms. The molecule has 172 valence electrons. The maximum Gasteiger partial charge on any atom is 0.335 e. The monoisotopic (exact) mass is 481 g/mol. The Labute approximate surface area is 206 Å². The summed E-state index contributed by atoms with van der Waals surface area (Å²) < 4.78 is 0. The molecule has 5 rings (SSSR count). The van der Waals surface area contributed by atoms with Crippen molar-refractivity contribution in [3.63, 3.8) is 0 Å². The van der Waals surface area contributed by atoms with E-state index in [0.29, 0.717) is 23.8 Å². The van der Waals surface area contributed by atoms with Crippen LogP contribution in [0.15, 0.2) is 78.9 Å². The van der Waals surface area contributed by atoms with E-state index >= 15 is 0 Å². The van der Waals surface area contributed by atoms with Gasteiger partial charge in [-0.05, 0) is 59.2 Å². The number of nitrogens with zero attached hydrogens (tertiary/aromatic N) is 5. The predicted octanol–water partition coefficient (Wildman–Crippen LogP) is 5.65. The standard InChI is InChI=1S/C27H20ClN5O2/c28-22-11-9-20-10-13-23(29-25(20)17-22)12-8-18-4-3-6-21(16-18)26-30-32-33(31-26)15-14-19-5-1-2-7-24(19)27(34)35/h1-13,16-17H,14-15H2,(H,34,35)/b12-8+. The highest BCUT2D eigenvalue weighted by Crippen LogP contribution is 2.20. The largest absolute Gasteiger partial charge is 0.478 e. The lowest BCUT2D eigenvalue weighted by Gasteiger charge is -2.04. The number of aromatic nitrogens is 5. The Morgan fingerprint density at radius 1 is 0.971 bits per heavy atom. The van der Waals surface area contributed by atoms with Crippen LogP contribution in [-0.2, 0) is 13.0 Å². The van der Waals surface area contributed by atoms with Gasteiger partial charge in [0.25, 0.3) is 0 Å². The first-order chi connectivity index (χ1) is 17.0. The SMILES string of the molecule is O=C(O)c1ccccc1CCn1nnc(-c2cccc(/C=C/c3ccc4ccc(Cl)cc4n3)c2)n1. The van der Waals surface area contributed by atoms with E-state index in [-0.39, 0.29) is 5.56 Å². The zero-order chi connectivity index (χ0) is 24.2. The second kappa shape index (κ2) is 9.87. The highest BCUT2D eigenvalue weighted by molar-refractivity contribution is 6.31. The minimum absolute atomic E-state index is 0.288. The smallest absolute Gasteiger partial charge is 0.335 e. The maximum atomic E-state index is 11.4. The molecule has 7 nitrogen and oxygen atoms in total. The van der Waals surface area contributed by atoms with Crippen molar-refractivity contribution < 1.29 is 9.90 Å². The number of aromatic carboxylic acids is 1. The Balaban J connectivity index is 1.30. The molecular formula is C27H20ClN5O2. The number of hydrogen-bond acceptors (Lipinski definition) is 5. The van der Waals surface area contributed by atoms with E-state index in [1.807, 2.05) is 72.8 Å². The molecule has 8 heteroatoms. The van der Waals surface area contributed by atoms with E-state index in [4.69, 9.17) is 11.6 Å². The first-order valence-electron chi connectivity index (χ1n) is 11.0.